The number of para-hydroxylation sites is 1. The molecular weight excluding hydrogens is 408 g/mol. The minimum Gasteiger partial charge on any atom is -0.455 e. The van der Waals surface area contributed by atoms with Gasteiger partial charge in [0.1, 0.15) is 17.3 Å². The molecule has 4 aromatic rings. The summed E-state index contributed by atoms with van der Waals surface area (Å²) < 4.78 is 5.98. The summed E-state index contributed by atoms with van der Waals surface area (Å²) in [5, 5.41) is 17.7. The molecule has 4 rings (SSSR count). The number of fused-ring (bicyclic) bond motifs is 1. The van der Waals surface area contributed by atoms with E-state index in [1.54, 1.807) is 31.3 Å². The van der Waals surface area contributed by atoms with Crippen molar-refractivity contribution in [2.45, 2.75) is 13.0 Å². The highest BCUT2D eigenvalue weighted by Gasteiger charge is 2.14. The molecule has 0 aliphatic carbocycles. The number of carbonyl (C=O) groups is 1. The fourth-order valence-corrected chi connectivity index (χ4v) is 3.17. The predicted molar refractivity (Wildman–Crippen MR) is 123 cm³/mol. The van der Waals surface area contributed by atoms with Crippen LogP contribution in [-0.2, 0) is 4.79 Å². The van der Waals surface area contributed by atoms with Gasteiger partial charge in [-0.2, -0.15) is 0 Å². The van der Waals surface area contributed by atoms with Crippen LogP contribution in [0.25, 0.3) is 10.9 Å². The van der Waals surface area contributed by atoms with Crippen LogP contribution in [0, 0.1) is 10.1 Å². The van der Waals surface area contributed by atoms with Gasteiger partial charge in [0.2, 0.25) is 5.91 Å². The first kappa shape index (κ1) is 20.8. The molecule has 2 N–H and O–H groups in total. The Balaban J connectivity index is 1.39. The van der Waals surface area contributed by atoms with Crippen LogP contribution in [0.2, 0.25) is 0 Å². The molecule has 32 heavy (non-hydrogen) atoms. The summed E-state index contributed by atoms with van der Waals surface area (Å²) in [5.41, 5.74) is 1.80. The molecule has 1 heterocycles. The Hall–Kier alpha value is -4.46. The van der Waals surface area contributed by atoms with Crippen molar-refractivity contribution in [2.24, 2.45) is 0 Å². The molecule has 1 amide bonds. The largest absolute Gasteiger partial charge is 0.455 e. The van der Waals surface area contributed by atoms with Gasteiger partial charge in [0, 0.05) is 35.1 Å². The highest BCUT2D eigenvalue weighted by molar-refractivity contribution is 5.96. The topological polar surface area (TPSA) is 106 Å². The average Bonchev–Trinajstić information content (AvgIpc) is 2.80. The number of anilines is 2. The Morgan fingerprint density at radius 3 is 2.53 bits per heavy atom. The van der Waals surface area contributed by atoms with Crippen molar-refractivity contribution in [1.29, 1.82) is 0 Å². The lowest BCUT2D eigenvalue weighted by Gasteiger charge is -2.16. The molecule has 0 aliphatic heterocycles. The van der Waals surface area contributed by atoms with E-state index in [0.29, 0.717) is 17.2 Å². The molecule has 0 radical (unpaired) electrons. The minimum absolute atomic E-state index is 0.0830. The summed E-state index contributed by atoms with van der Waals surface area (Å²) in [5.74, 6) is 0.989. The van der Waals surface area contributed by atoms with Gasteiger partial charge in [-0.25, -0.2) is 0 Å². The zero-order valence-electron chi connectivity index (χ0n) is 17.2. The van der Waals surface area contributed by atoms with Gasteiger partial charge in [-0.1, -0.05) is 24.3 Å². The highest BCUT2D eigenvalue weighted by Crippen LogP contribution is 2.29. The molecule has 0 aliphatic rings. The molecule has 0 fully saturated rings. The fourth-order valence-electron chi connectivity index (χ4n) is 3.17. The van der Waals surface area contributed by atoms with E-state index < -0.39 is 11.0 Å². The maximum Gasteiger partial charge on any atom is 0.271 e. The maximum absolute atomic E-state index is 12.5. The van der Waals surface area contributed by atoms with Gasteiger partial charge in [0.05, 0.1) is 4.92 Å². The van der Waals surface area contributed by atoms with Crippen LogP contribution in [0.1, 0.15) is 6.92 Å². The molecule has 1 atom stereocenters. The van der Waals surface area contributed by atoms with Crippen molar-refractivity contribution in [3.05, 3.63) is 95.2 Å². The lowest BCUT2D eigenvalue weighted by Crippen LogP contribution is -2.31. The SMILES string of the molecule is CC(Nc1ccc(Oc2cccc3cccnc23)cc1)C(=O)Nc1cccc([N+](=O)[O-])c1. The number of benzene rings is 3. The van der Waals surface area contributed by atoms with E-state index in [0.717, 1.165) is 16.6 Å². The number of hydrogen-bond donors (Lipinski definition) is 2. The molecule has 0 spiro atoms. The van der Waals surface area contributed by atoms with Crippen LogP contribution >= 0.6 is 0 Å². The highest BCUT2D eigenvalue weighted by atomic mass is 16.6. The number of carbonyl (C=O) groups excluding carboxylic acids is 1. The number of amides is 1. The summed E-state index contributed by atoms with van der Waals surface area (Å²) >= 11 is 0. The lowest BCUT2D eigenvalue weighted by molar-refractivity contribution is -0.384. The second kappa shape index (κ2) is 9.13. The summed E-state index contributed by atoms with van der Waals surface area (Å²) in [6.07, 6.45) is 1.72. The molecule has 8 nitrogen and oxygen atoms in total. The van der Waals surface area contributed by atoms with Crippen molar-refractivity contribution in [2.75, 3.05) is 10.6 Å². The van der Waals surface area contributed by atoms with E-state index in [1.807, 2.05) is 42.5 Å². The Kier molecular flexibility index (Phi) is 5.94. The molecular formula is C24H20N4O4. The summed E-state index contributed by atoms with van der Waals surface area (Å²) in [6, 6.07) is 22.1. The zero-order valence-corrected chi connectivity index (χ0v) is 17.2. The van der Waals surface area contributed by atoms with Gasteiger partial charge < -0.3 is 15.4 Å². The van der Waals surface area contributed by atoms with Crippen LogP contribution in [0.15, 0.2) is 85.1 Å². The Labute approximate surface area is 184 Å². The number of nitrogens with zero attached hydrogens (tertiary/aromatic N) is 2. The van der Waals surface area contributed by atoms with Crippen LogP contribution < -0.4 is 15.4 Å². The number of hydrogen-bond acceptors (Lipinski definition) is 6. The van der Waals surface area contributed by atoms with Gasteiger partial charge in [-0.05, 0) is 49.4 Å². The molecule has 8 heteroatoms. The van der Waals surface area contributed by atoms with E-state index in [9.17, 15) is 14.9 Å². The van der Waals surface area contributed by atoms with E-state index in [2.05, 4.69) is 15.6 Å². The Morgan fingerprint density at radius 1 is 1.00 bits per heavy atom. The molecule has 1 unspecified atom stereocenters. The van der Waals surface area contributed by atoms with Gasteiger partial charge in [0.15, 0.2) is 5.75 Å². The van der Waals surface area contributed by atoms with Crippen LogP contribution in [0.4, 0.5) is 17.1 Å². The summed E-state index contributed by atoms with van der Waals surface area (Å²) in [7, 11) is 0. The normalized spacial score (nSPS) is 11.5. The van der Waals surface area contributed by atoms with Crippen molar-refractivity contribution in [1.82, 2.24) is 4.98 Å². The minimum atomic E-state index is -0.566. The Bertz CT molecular complexity index is 1270. The summed E-state index contributed by atoms with van der Waals surface area (Å²) in [6.45, 7) is 1.71. The van der Waals surface area contributed by atoms with Gasteiger partial charge in [0.25, 0.3) is 5.69 Å². The van der Waals surface area contributed by atoms with Crippen LogP contribution in [0.5, 0.6) is 11.5 Å². The molecule has 0 bridgehead atoms. The zero-order chi connectivity index (χ0) is 22.5. The second-order valence-corrected chi connectivity index (χ2v) is 7.12. The number of ether oxygens (including phenoxy) is 1. The first-order valence-corrected chi connectivity index (χ1v) is 9.93. The van der Waals surface area contributed by atoms with Crippen LogP contribution in [-0.4, -0.2) is 21.9 Å². The average molecular weight is 428 g/mol. The third-order valence-electron chi connectivity index (χ3n) is 4.78. The number of aromatic nitrogens is 1. The van der Waals surface area contributed by atoms with Crippen molar-refractivity contribution < 1.29 is 14.5 Å². The van der Waals surface area contributed by atoms with Crippen molar-refractivity contribution in [3.8, 4) is 11.5 Å². The number of nitrogens with one attached hydrogen (secondary N) is 2. The number of nitro groups is 1. The lowest BCUT2D eigenvalue weighted by atomic mass is 10.2. The molecule has 0 saturated heterocycles. The fraction of sp³-hybridized carbons (Fsp3) is 0.0833. The summed E-state index contributed by atoms with van der Waals surface area (Å²) in [4.78, 5) is 27.2. The van der Waals surface area contributed by atoms with E-state index in [-0.39, 0.29) is 11.6 Å². The van der Waals surface area contributed by atoms with Crippen molar-refractivity contribution in [3.63, 3.8) is 0 Å². The quantitative estimate of drug-likeness (QED) is 0.303. The van der Waals surface area contributed by atoms with Gasteiger partial charge in [-0.3, -0.25) is 19.9 Å². The number of nitro benzene ring substituents is 1. The van der Waals surface area contributed by atoms with E-state index >= 15 is 0 Å². The predicted octanol–water partition coefficient (Wildman–Crippen LogP) is 5.37. The third-order valence-corrected chi connectivity index (χ3v) is 4.78. The molecule has 3 aromatic carbocycles. The second-order valence-electron chi connectivity index (χ2n) is 7.12. The third kappa shape index (κ3) is 4.81. The first-order valence-electron chi connectivity index (χ1n) is 9.93. The van der Waals surface area contributed by atoms with Gasteiger partial charge >= 0.3 is 0 Å². The Morgan fingerprint density at radius 2 is 1.75 bits per heavy atom. The van der Waals surface area contributed by atoms with Crippen molar-refractivity contribution >= 4 is 33.9 Å². The van der Waals surface area contributed by atoms with E-state index in [4.69, 9.17) is 4.74 Å². The molecule has 1 aromatic heterocycles. The van der Waals surface area contributed by atoms with Gasteiger partial charge in [-0.15, -0.1) is 0 Å². The molecule has 160 valence electrons. The number of non-ortho nitro benzene ring substituents is 1. The smallest absolute Gasteiger partial charge is 0.271 e. The number of rotatable bonds is 7. The molecule has 0 saturated carbocycles. The van der Waals surface area contributed by atoms with Crippen LogP contribution in [0.3, 0.4) is 0 Å². The maximum atomic E-state index is 12.5. The first-order chi connectivity index (χ1) is 15.5. The monoisotopic (exact) mass is 428 g/mol. The van der Waals surface area contributed by atoms with E-state index in [1.165, 1.54) is 18.2 Å². The number of pyridine rings is 1. The standard InChI is InChI=1S/C24H20N4O4/c1-16(24(29)27-19-7-3-8-20(15-19)28(30)31)26-18-10-12-21(13-11-18)32-22-9-2-5-17-6-4-14-25-23(17)22/h2-16,26H,1H3,(H,27,29).